The Morgan fingerprint density at radius 2 is 1.13 bits per heavy atom. The Hall–Kier alpha value is -4.30. The van der Waals surface area contributed by atoms with E-state index < -0.39 is 0 Å². The van der Waals surface area contributed by atoms with Crippen LogP contribution in [0.2, 0.25) is 0 Å². The number of fused-ring (bicyclic) bond motifs is 6. The van der Waals surface area contributed by atoms with Gasteiger partial charge in [-0.25, -0.2) is 0 Å². The minimum Gasteiger partial charge on any atom is -0.334 e. The highest BCUT2D eigenvalue weighted by Crippen LogP contribution is 2.69. The molecule has 0 radical (unpaired) electrons. The third-order valence-electron chi connectivity index (χ3n) is 15.6. The molecule has 4 saturated carbocycles. The summed E-state index contributed by atoms with van der Waals surface area (Å²) in [6, 6.07) is 33.8. The lowest BCUT2D eigenvalue weighted by atomic mass is 9.43. The lowest BCUT2D eigenvalue weighted by Gasteiger charge is -2.61. The van der Waals surface area contributed by atoms with Gasteiger partial charge in [-0.05, 0) is 149 Å². The second-order valence-electron chi connectivity index (χ2n) is 17.8. The van der Waals surface area contributed by atoms with Crippen molar-refractivity contribution in [2.45, 2.75) is 56.4 Å². The third-order valence-corrected chi connectivity index (χ3v) is 15.6. The molecule has 254 valence electrons. The predicted molar refractivity (Wildman–Crippen MR) is 239 cm³/mol. The summed E-state index contributed by atoms with van der Waals surface area (Å²) in [5.74, 6) is 3.40. The van der Waals surface area contributed by atoms with Gasteiger partial charge in [0.05, 0.1) is 6.04 Å². The highest BCUT2D eigenvalue weighted by Gasteiger charge is 2.61. The summed E-state index contributed by atoms with van der Waals surface area (Å²) >= 11 is 0. The number of hydrogen-bond acceptors (Lipinski definition) is 1. The Bertz CT molecular complexity index is 2400. The zero-order chi connectivity index (χ0) is 35.7. The van der Waals surface area contributed by atoms with E-state index in [4.69, 9.17) is 0 Å². The monoisotopic (exact) mass is 679 g/mol. The Kier molecular flexibility index (Phi) is 7.04. The van der Waals surface area contributed by atoms with E-state index in [2.05, 4.69) is 147 Å². The maximum atomic E-state index is 2.70. The van der Waals surface area contributed by atoms with Crippen molar-refractivity contribution in [1.29, 1.82) is 0 Å². The first-order valence-corrected chi connectivity index (χ1v) is 20.5. The van der Waals surface area contributed by atoms with Crippen LogP contribution < -0.4 is 32.2 Å². The lowest BCUT2D eigenvalue weighted by Crippen LogP contribution is -2.56. The molecule has 4 bridgehead atoms. The molecular weight excluding hydrogens is 633 g/mol. The molecule has 5 aromatic rings. The Morgan fingerprint density at radius 1 is 0.547 bits per heavy atom. The Labute approximate surface area is 320 Å². The second kappa shape index (κ2) is 11.6. The first kappa shape index (κ1) is 32.2. The van der Waals surface area contributed by atoms with Crippen LogP contribution in [0.3, 0.4) is 0 Å². The zero-order valence-electron chi connectivity index (χ0n) is 32.1. The molecule has 0 N–H and O–H groups in total. The van der Waals surface area contributed by atoms with Crippen LogP contribution >= 0.6 is 0 Å². The van der Waals surface area contributed by atoms with Crippen molar-refractivity contribution in [2.24, 2.45) is 23.7 Å². The van der Waals surface area contributed by atoms with Crippen LogP contribution in [-0.4, -0.2) is 45.3 Å². The summed E-state index contributed by atoms with van der Waals surface area (Å²) in [7, 11) is 11.5. The normalized spacial score (nSPS) is 26.6. The molecule has 0 aliphatic heterocycles. The molecule has 0 saturated heterocycles. The molecule has 0 amide bonds. The van der Waals surface area contributed by atoms with Gasteiger partial charge in [-0.1, -0.05) is 89.8 Å². The minimum atomic E-state index is 0.159. The van der Waals surface area contributed by atoms with Crippen molar-refractivity contribution in [3.63, 3.8) is 0 Å². The van der Waals surface area contributed by atoms with Crippen LogP contribution in [0.25, 0.3) is 27.8 Å². The SMILES string of the molecule is Bc1c(B)c(B)c(C2=CCC(N(c3ccc4c(c3)Cc3ccccc3-4)c3ccc4c(c3)C3(c5ccccc5-4)C4CC5CC(C4)CC3C5)C=C2)c(B)c1B. The van der Waals surface area contributed by atoms with Gasteiger partial charge >= 0.3 is 0 Å². The smallest absolute Gasteiger partial charge is 0.139 e. The predicted octanol–water partition coefficient (Wildman–Crippen LogP) is 2.82. The average Bonchev–Trinajstić information content (AvgIpc) is 3.69. The third kappa shape index (κ3) is 4.45. The molecule has 12 rings (SSSR count). The van der Waals surface area contributed by atoms with Crippen LogP contribution in [0.15, 0.2) is 103 Å². The van der Waals surface area contributed by atoms with E-state index >= 15 is 0 Å². The minimum absolute atomic E-state index is 0.159. The molecule has 5 aromatic carbocycles. The summed E-state index contributed by atoms with van der Waals surface area (Å²) < 4.78 is 0. The topological polar surface area (TPSA) is 3.24 Å². The van der Waals surface area contributed by atoms with Gasteiger partial charge in [0.25, 0.3) is 0 Å². The lowest BCUT2D eigenvalue weighted by molar-refractivity contribution is -0.0399. The Morgan fingerprint density at radius 3 is 1.83 bits per heavy atom. The van der Waals surface area contributed by atoms with Gasteiger partial charge in [-0.3, -0.25) is 0 Å². The molecule has 7 aliphatic rings. The number of nitrogens with zero attached hydrogens (tertiary/aromatic N) is 1. The van der Waals surface area contributed by atoms with E-state index in [0.29, 0.717) is 0 Å². The van der Waals surface area contributed by atoms with Crippen molar-refractivity contribution in [2.75, 3.05) is 4.90 Å². The first-order valence-electron chi connectivity index (χ1n) is 20.5. The number of hydrogen-bond donors (Lipinski definition) is 0. The van der Waals surface area contributed by atoms with Crippen molar-refractivity contribution in [1.82, 2.24) is 0 Å². The van der Waals surface area contributed by atoms with Crippen molar-refractivity contribution in [3.05, 3.63) is 131 Å². The molecular formula is C47H46B5N. The van der Waals surface area contributed by atoms with Crippen molar-refractivity contribution < 1.29 is 0 Å². The summed E-state index contributed by atoms with van der Waals surface area (Å²) in [4.78, 5) is 2.70. The standard InChI is InChI=1S/C47H46B5N/c48-42-41(43(49)45(51)46(52)44(42)50)27-9-11-32(12-10-27)53(33-13-15-36-29(23-33)22-28-5-1-2-6-35(28)36)34-14-16-38-37-7-3-4-8-39(37)47(40(38)24-34)30-18-25-17-26(20-30)21-31(47)19-25/h1-11,13-16,23-26,30-32H,12,17-22,48-52H2. The van der Waals surface area contributed by atoms with E-state index in [9.17, 15) is 0 Å². The van der Waals surface area contributed by atoms with Crippen molar-refractivity contribution >= 4 is 83.5 Å². The summed E-state index contributed by atoms with van der Waals surface area (Å²) in [6.07, 6.45) is 16.6. The highest BCUT2D eigenvalue weighted by atomic mass is 15.2. The molecule has 53 heavy (non-hydrogen) atoms. The van der Waals surface area contributed by atoms with Crippen LogP contribution in [0, 0.1) is 23.7 Å². The summed E-state index contributed by atoms with van der Waals surface area (Å²) in [5, 5.41) is 0. The quantitative estimate of drug-likeness (QED) is 0.260. The molecule has 7 aliphatic carbocycles. The second-order valence-corrected chi connectivity index (χ2v) is 17.8. The van der Waals surface area contributed by atoms with E-state index in [1.165, 1.54) is 115 Å². The largest absolute Gasteiger partial charge is 0.334 e. The zero-order valence-corrected chi connectivity index (χ0v) is 32.1. The summed E-state index contributed by atoms with van der Waals surface area (Å²) in [6.45, 7) is 0. The number of benzene rings is 5. The van der Waals surface area contributed by atoms with Crippen molar-refractivity contribution in [3.8, 4) is 22.3 Å². The van der Waals surface area contributed by atoms with Gasteiger partial charge in [0.2, 0.25) is 0 Å². The molecule has 1 unspecified atom stereocenters. The van der Waals surface area contributed by atoms with Crippen LogP contribution in [-0.2, 0) is 11.8 Å². The Balaban J connectivity index is 1.05. The van der Waals surface area contributed by atoms with Crippen LogP contribution in [0.1, 0.15) is 66.3 Å². The maximum absolute atomic E-state index is 2.70. The van der Waals surface area contributed by atoms with Gasteiger partial charge in [0.1, 0.15) is 39.2 Å². The molecule has 1 atom stereocenters. The van der Waals surface area contributed by atoms with E-state index in [0.717, 1.165) is 36.5 Å². The molecule has 6 heteroatoms. The highest BCUT2D eigenvalue weighted by molar-refractivity contribution is 6.67. The van der Waals surface area contributed by atoms with Gasteiger partial charge in [-0.2, -0.15) is 0 Å². The number of rotatable bonds is 4. The molecule has 1 nitrogen and oxygen atoms in total. The van der Waals surface area contributed by atoms with Gasteiger partial charge in [0, 0.05) is 16.8 Å². The molecule has 4 fully saturated rings. The van der Waals surface area contributed by atoms with Gasteiger partial charge < -0.3 is 4.90 Å². The fraction of sp³-hybridized carbons (Fsp3) is 0.277. The molecule has 0 heterocycles. The average molecular weight is 679 g/mol. The first-order chi connectivity index (χ1) is 25.8. The van der Waals surface area contributed by atoms with Crippen LogP contribution in [0.4, 0.5) is 11.4 Å². The fourth-order valence-corrected chi connectivity index (χ4v) is 13.0. The molecule has 1 spiro atoms. The van der Waals surface area contributed by atoms with E-state index in [1.54, 1.807) is 11.1 Å². The number of allylic oxidation sites excluding steroid dienone is 2. The van der Waals surface area contributed by atoms with Crippen LogP contribution in [0.5, 0.6) is 0 Å². The maximum Gasteiger partial charge on any atom is 0.139 e. The fourth-order valence-electron chi connectivity index (χ4n) is 13.0. The van der Waals surface area contributed by atoms with E-state index in [-0.39, 0.29) is 11.5 Å². The van der Waals surface area contributed by atoms with Gasteiger partial charge in [0.15, 0.2) is 0 Å². The molecule has 0 aromatic heterocycles. The van der Waals surface area contributed by atoms with Gasteiger partial charge in [-0.15, -0.1) is 16.4 Å². The number of anilines is 2. The summed E-state index contributed by atoms with van der Waals surface area (Å²) in [5.41, 5.74) is 24.8. The van der Waals surface area contributed by atoms with E-state index in [1.807, 2.05) is 0 Å².